The van der Waals surface area contributed by atoms with Crippen molar-refractivity contribution in [2.45, 2.75) is 13.5 Å². The van der Waals surface area contributed by atoms with Gasteiger partial charge in [-0.1, -0.05) is 41.1 Å². The molecule has 0 spiro atoms. The van der Waals surface area contributed by atoms with Crippen molar-refractivity contribution in [1.82, 2.24) is 5.32 Å². The average molecular weight is 337 g/mol. The molecule has 106 valence electrons. The third-order valence-electron chi connectivity index (χ3n) is 3.20. The summed E-state index contributed by atoms with van der Waals surface area (Å²) in [7, 11) is 1.87. The molecule has 0 aliphatic heterocycles. The van der Waals surface area contributed by atoms with Crippen molar-refractivity contribution in [2.24, 2.45) is 0 Å². The molecule has 0 aromatic heterocycles. The minimum Gasteiger partial charge on any atom is -0.342 e. The maximum Gasteiger partial charge on any atom is 0.146 e. The van der Waals surface area contributed by atoms with Crippen molar-refractivity contribution in [3.05, 3.63) is 58.3 Å². The number of nitrogens with zero attached hydrogens (tertiary/aromatic N) is 1. The van der Waals surface area contributed by atoms with E-state index >= 15 is 0 Å². The number of anilines is 2. The molecule has 0 saturated heterocycles. The first-order valence-electron chi connectivity index (χ1n) is 6.61. The first-order chi connectivity index (χ1) is 9.63. The molecule has 0 atom stereocenters. The molecule has 20 heavy (non-hydrogen) atoms. The van der Waals surface area contributed by atoms with Crippen molar-refractivity contribution < 1.29 is 4.39 Å². The molecule has 2 aromatic carbocycles. The predicted octanol–water partition coefficient (Wildman–Crippen LogP) is 4.47. The Morgan fingerprint density at radius 1 is 1.20 bits per heavy atom. The Morgan fingerprint density at radius 3 is 2.60 bits per heavy atom. The SMILES string of the molecule is CCNCc1ccc(N(C)c2ccccc2F)cc1Br. The van der Waals surface area contributed by atoms with Crippen LogP contribution in [0.1, 0.15) is 12.5 Å². The molecule has 2 aromatic rings. The summed E-state index contributed by atoms with van der Waals surface area (Å²) >= 11 is 3.58. The Morgan fingerprint density at radius 2 is 1.95 bits per heavy atom. The van der Waals surface area contributed by atoms with Crippen LogP contribution in [0.5, 0.6) is 0 Å². The zero-order chi connectivity index (χ0) is 14.5. The fourth-order valence-electron chi connectivity index (χ4n) is 2.01. The smallest absolute Gasteiger partial charge is 0.146 e. The van der Waals surface area contributed by atoms with Gasteiger partial charge in [0, 0.05) is 23.8 Å². The highest BCUT2D eigenvalue weighted by atomic mass is 79.9. The van der Waals surface area contributed by atoms with Gasteiger partial charge < -0.3 is 10.2 Å². The van der Waals surface area contributed by atoms with E-state index in [4.69, 9.17) is 0 Å². The molecule has 0 amide bonds. The van der Waals surface area contributed by atoms with Crippen LogP contribution in [0.4, 0.5) is 15.8 Å². The van der Waals surface area contributed by atoms with Crippen LogP contribution in [0.3, 0.4) is 0 Å². The zero-order valence-corrected chi connectivity index (χ0v) is 13.2. The molecular formula is C16H18BrFN2. The summed E-state index contributed by atoms with van der Waals surface area (Å²) in [4.78, 5) is 1.84. The van der Waals surface area contributed by atoms with Gasteiger partial charge in [-0.15, -0.1) is 0 Å². The predicted molar refractivity (Wildman–Crippen MR) is 86.0 cm³/mol. The number of rotatable bonds is 5. The van der Waals surface area contributed by atoms with Gasteiger partial charge in [0.2, 0.25) is 0 Å². The zero-order valence-electron chi connectivity index (χ0n) is 11.7. The van der Waals surface area contributed by atoms with Crippen LogP contribution in [-0.2, 0) is 6.54 Å². The van der Waals surface area contributed by atoms with E-state index in [0.717, 1.165) is 23.2 Å². The Hall–Kier alpha value is -1.39. The van der Waals surface area contributed by atoms with E-state index in [-0.39, 0.29) is 5.82 Å². The van der Waals surface area contributed by atoms with Gasteiger partial charge in [0.15, 0.2) is 0 Å². The first-order valence-corrected chi connectivity index (χ1v) is 7.40. The van der Waals surface area contributed by atoms with Gasteiger partial charge in [0.05, 0.1) is 5.69 Å². The topological polar surface area (TPSA) is 15.3 Å². The normalized spacial score (nSPS) is 10.6. The molecule has 0 aliphatic rings. The summed E-state index contributed by atoms with van der Waals surface area (Å²) < 4.78 is 14.8. The van der Waals surface area contributed by atoms with Crippen LogP contribution in [0.15, 0.2) is 46.9 Å². The second-order valence-electron chi connectivity index (χ2n) is 4.57. The van der Waals surface area contributed by atoms with Crippen LogP contribution < -0.4 is 10.2 Å². The van der Waals surface area contributed by atoms with Gasteiger partial charge in [-0.2, -0.15) is 0 Å². The lowest BCUT2D eigenvalue weighted by Gasteiger charge is -2.21. The molecule has 2 rings (SSSR count). The van der Waals surface area contributed by atoms with Gasteiger partial charge in [0.1, 0.15) is 5.82 Å². The second-order valence-corrected chi connectivity index (χ2v) is 5.42. The number of para-hydroxylation sites is 1. The minimum atomic E-state index is -0.220. The lowest BCUT2D eigenvalue weighted by atomic mass is 10.2. The van der Waals surface area contributed by atoms with Crippen molar-refractivity contribution in [3.63, 3.8) is 0 Å². The highest BCUT2D eigenvalue weighted by molar-refractivity contribution is 9.10. The van der Waals surface area contributed by atoms with Gasteiger partial charge in [-0.3, -0.25) is 0 Å². The lowest BCUT2D eigenvalue weighted by Crippen LogP contribution is -2.14. The van der Waals surface area contributed by atoms with E-state index in [1.807, 2.05) is 30.1 Å². The maximum atomic E-state index is 13.8. The van der Waals surface area contributed by atoms with E-state index in [9.17, 15) is 4.39 Å². The molecule has 0 fully saturated rings. The van der Waals surface area contributed by atoms with E-state index < -0.39 is 0 Å². The molecule has 0 bridgehead atoms. The second kappa shape index (κ2) is 6.86. The van der Waals surface area contributed by atoms with Crippen LogP contribution in [0.25, 0.3) is 0 Å². The fourth-order valence-corrected chi connectivity index (χ4v) is 2.52. The van der Waals surface area contributed by atoms with Crippen LogP contribution in [-0.4, -0.2) is 13.6 Å². The van der Waals surface area contributed by atoms with Gasteiger partial charge in [0.25, 0.3) is 0 Å². The van der Waals surface area contributed by atoms with E-state index in [1.165, 1.54) is 11.6 Å². The fraction of sp³-hybridized carbons (Fsp3) is 0.250. The molecular weight excluding hydrogens is 319 g/mol. The van der Waals surface area contributed by atoms with Crippen LogP contribution >= 0.6 is 15.9 Å². The van der Waals surface area contributed by atoms with Crippen molar-refractivity contribution in [2.75, 3.05) is 18.5 Å². The Labute approximate surface area is 127 Å². The van der Waals surface area contributed by atoms with Crippen LogP contribution in [0, 0.1) is 5.82 Å². The largest absolute Gasteiger partial charge is 0.342 e. The number of hydrogen-bond donors (Lipinski definition) is 1. The highest BCUT2D eigenvalue weighted by Crippen LogP contribution is 2.29. The molecule has 1 N–H and O–H groups in total. The maximum absolute atomic E-state index is 13.8. The Balaban J connectivity index is 2.25. The summed E-state index contributed by atoms with van der Waals surface area (Å²) in [5.41, 5.74) is 2.71. The van der Waals surface area contributed by atoms with Gasteiger partial charge >= 0.3 is 0 Å². The highest BCUT2D eigenvalue weighted by Gasteiger charge is 2.10. The number of benzene rings is 2. The molecule has 0 aliphatic carbocycles. The van der Waals surface area contributed by atoms with E-state index in [2.05, 4.69) is 34.2 Å². The Kier molecular flexibility index (Phi) is 5.15. The Bertz CT molecular complexity index is 586. The van der Waals surface area contributed by atoms with Gasteiger partial charge in [-0.05, 0) is 36.4 Å². The summed E-state index contributed by atoms with van der Waals surface area (Å²) in [5.74, 6) is -0.220. The third-order valence-corrected chi connectivity index (χ3v) is 3.94. The third kappa shape index (κ3) is 3.38. The molecule has 0 unspecified atom stereocenters. The lowest BCUT2D eigenvalue weighted by molar-refractivity contribution is 0.627. The van der Waals surface area contributed by atoms with Gasteiger partial charge in [-0.25, -0.2) is 4.39 Å². The molecule has 4 heteroatoms. The summed E-state index contributed by atoms with van der Waals surface area (Å²) in [6.07, 6.45) is 0. The molecule has 0 heterocycles. The summed E-state index contributed by atoms with van der Waals surface area (Å²) in [6.45, 7) is 3.83. The standard InChI is InChI=1S/C16H18BrFN2/c1-3-19-11-12-8-9-13(10-14(12)17)20(2)16-7-5-4-6-15(16)18/h4-10,19H,3,11H2,1-2H3. The van der Waals surface area contributed by atoms with E-state index in [0.29, 0.717) is 5.69 Å². The quantitative estimate of drug-likeness (QED) is 0.866. The van der Waals surface area contributed by atoms with Crippen molar-refractivity contribution >= 4 is 27.3 Å². The number of nitrogens with one attached hydrogen (secondary N) is 1. The minimum absolute atomic E-state index is 0.220. The first kappa shape index (κ1) is 15.0. The molecule has 2 nitrogen and oxygen atoms in total. The molecule has 0 radical (unpaired) electrons. The average Bonchev–Trinajstić information content (AvgIpc) is 2.46. The van der Waals surface area contributed by atoms with Crippen LogP contribution in [0.2, 0.25) is 0 Å². The van der Waals surface area contributed by atoms with Crippen molar-refractivity contribution in [1.29, 1.82) is 0 Å². The summed E-state index contributed by atoms with van der Waals surface area (Å²) in [6, 6.07) is 12.9. The van der Waals surface area contributed by atoms with Crippen molar-refractivity contribution in [3.8, 4) is 0 Å². The summed E-state index contributed by atoms with van der Waals surface area (Å²) in [5, 5.41) is 3.29. The number of halogens is 2. The number of hydrogen-bond acceptors (Lipinski definition) is 2. The molecule has 0 saturated carbocycles. The van der Waals surface area contributed by atoms with E-state index in [1.54, 1.807) is 12.1 Å². The monoisotopic (exact) mass is 336 g/mol.